The van der Waals surface area contributed by atoms with Crippen molar-refractivity contribution in [3.05, 3.63) is 35.4 Å². The Bertz CT molecular complexity index is 1090. The van der Waals surface area contributed by atoms with Crippen LogP contribution in [0.4, 0.5) is 0 Å². The van der Waals surface area contributed by atoms with Crippen LogP contribution in [0.15, 0.2) is 24.3 Å². The molecule has 1 unspecified atom stereocenters. The molecule has 1 saturated heterocycles. The van der Waals surface area contributed by atoms with Crippen LogP contribution >= 0.6 is 12.2 Å². The normalized spacial score (nSPS) is 18.2. The van der Waals surface area contributed by atoms with Crippen molar-refractivity contribution < 1.29 is 39.6 Å². The standard InChI is InChI=1S/C30H47N5O8S/c31-9-3-1-2-4-26(44)17-24-7-5-23(6-8-24)16-25-18-34(21-29(40)41)13-12-32(19-27(36)37)10-11-33(20-28(38)39)14-15-35(25)22-30(42)43/h5-8,25H,1-4,9-22,31H2,(H,36,37)(H,38,39)(H,40,41)(H,42,43). The maximum Gasteiger partial charge on any atom is 0.317 e. The van der Waals surface area contributed by atoms with Gasteiger partial charge in [-0.3, -0.25) is 38.8 Å². The molecule has 2 rings (SSSR count). The highest BCUT2D eigenvalue weighted by Gasteiger charge is 2.27. The van der Waals surface area contributed by atoms with Crippen LogP contribution in [0.1, 0.15) is 36.8 Å². The summed E-state index contributed by atoms with van der Waals surface area (Å²) < 4.78 is 0. The molecule has 1 aromatic rings. The molecule has 0 spiro atoms. The van der Waals surface area contributed by atoms with Gasteiger partial charge in [0.15, 0.2) is 0 Å². The van der Waals surface area contributed by atoms with Gasteiger partial charge in [0.25, 0.3) is 0 Å². The van der Waals surface area contributed by atoms with E-state index in [1.807, 2.05) is 24.3 Å². The van der Waals surface area contributed by atoms with E-state index in [4.69, 9.17) is 18.0 Å². The number of aliphatic carboxylic acids is 4. The number of thiocarbonyl (C=S) groups is 1. The number of unbranched alkanes of at least 4 members (excludes halogenated alkanes) is 2. The summed E-state index contributed by atoms with van der Waals surface area (Å²) in [6.45, 7) is 1.31. The molecule has 1 heterocycles. The van der Waals surface area contributed by atoms with Crippen LogP contribution < -0.4 is 5.73 Å². The summed E-state index contributed by atoms with van der Waals surface area (Å²) >= 11 is 5.57. The Morgan fingerprint density at radius 1 is 0.682 bits per heavy atom. The Morgan fingerprint density at radius 3 is 1.68 bits per heavy atom. The largest absolute Gasteiger partial charge is 0.480 e. The van der Waals surface area contributed by atoms with Crippen LogP contribution in [-0.2, 0) is 32.0 Å². The summed E-state index contributed by atoms with van der Waals surface area (Å²) in [5, 5.41) is 38.2. The van der Waals surface area contributed by atoms with E-state index in [1.165, 1.54) is 0 Å². The second-order valence-electron chi connectivity index (χ2n) is 11.3. The number of benzene rings is 1. The lowest BCUT2D eigenvalue weighted by Gasteiger charge is -2.37. The molecule has 13 nitrogen and oxygen atoms in total. The monoisotopic (exact) mass is 637 g/mol. The Kier molecular flexibility index (Phi) is 17.0. The van der Waals surface area contributed by atoms with E-state index in [2.05, 4.69) is 0 Å². The van der Waals surface area contributed by atoms with E-state index in [1.54, 1.807) is 19.6 Å². The highest BCUT2D eigenvalue weighted by molar-refractivity contribution is 7.80. The third-order valence-electron chi connectivity index (χ3n) is 7.62. The van der Waals surface area contributed by atoms with Crippen molar-refractivity contribution in [1.29, 1.82) is 0 Å². The lowest BCUT2D eigenvalue weighted by Crippen LogP contribution is -2.53. The zero-order valence-corrected chi connectivity index (χ0v) is 26.1. The molecule has 1 aliphatic rings. The lowest BCUT2D eigenvalue weighted by molar-refractivity contribution is -0.142. The summed E-state index contributed by atoms with van der Waals surface area (Å²) in [6, 6.07) is 7.57. The molecule has 1 fully saturated rings. The Labute approximate surface area is 264 Å². The summed E-state index contributed by atoms with van der Waals surface area (Å²) in [4.78, 5) is 54.5. The average Bonchev–Trinajstić information content (AvgIpc) is 2.93. The van der Waals surface area contributed by atoms with Gasteiger partial charge in [0.05, 0.1) is 26.2 Å². The second kappa shape index (κ2) is 20.1. The summed E-state index contributed by atoms with van der Waals surface area (Å²) in [7, 11) is 0. The van der Waals surface area contributed by atoms with Crippen LogP contribution in [0.25, 0.3) is 0 Å². The van der Waals surface area contributed by atoms with E-state index >= 15 is 0 Å². The first-order chi connectivity index (χ1) is 20.9. The Hall–Kier alpha value is -3.01. The summed E-state index contributed by atoms with van der Waals surface area (Å²) in [6.07, 6.45) is 5.04. The molecule has 0 aromatic heterocycles. The van der Waals surface area contributed by atoms with Crippen LogP contribution in [0.2, 0.25) is 0 Å². The molecular formula is C30H47N5O8S. The molecule has 1 aliphatic heterocycles. The van der Waals surface area contributed by atoms with Crippen molar-refractivity contribution in [1.82, 2.24) is 19.6 Å². The van der Waals surface area contributed by atoms with Gasteiger partial charge < -0.3 is 26.2 Å². The van der Waals surface area contributed by atoms with Crippen molar-refractivity contribution >= 4 is 41.0 Å². The van der Waals surface area contributed by atoms with Gasteiger partial charge in [-0.05, 0) is 48.2 Å². The van der Waals surface area contributed by atoms with Gasteiger partial charge in [-0.15, -0.1) is 0 Å². The van der Waals surface area contributed by atoms with E-state index in [9.17, 15) is 39.6 Å². The SMILES string of the molecule is NCCCCCC(=S)Cc1ccc(CC2CN(CC(=O)O)CCN(CC(=O)O)CCN(CC(=O)O)CCN2CC(=O)O)cc1. The molecule has 0 radical (unpaired) electrons. The number of rotatable bonds is 17. The molecule has 0 saturated carbocycles. The predicted octanol–water partition coefficient (Wildman–Crippen LogP) is 0.589. The maximum absolute atomic E-state index is 11.9. The van der Waals surface area contributed by atoms with E-state index in [-0.39, 0.29) is 72.0 Å². The minimum atomic E-state index is -1.04. The molecule has 6 N–H and O–H groups in total. The quantitative estimate of drug-likeness (QED) is 0.118. The molecule has 14 heteroatoms. The zero-order chi connectivity index (χ0) is 32.5. The Morgan fingerprint density at radius 2 is 1.16 bits per heavy atom. The molecule has 0 amide bonds. The molecule has 1 atom stereocenters. The fourth-order valence-electron chi connectivity index (χ4n) is 5.38. The number of hydrogen-bond acceptors (Lipinski definition) is 10. The fraction of sp³-hybridized carbons (Fsp3) is 0.633. The number of carbonyl (C=O) groups is 4. The maximum atomic E-state index is 11.9. The van der Waals surface area contributed by atoms with Crippen molar-refractivity contribution in [2.45, 2.75) is 44.6 Å². The van der Waals surface area contributed by atoms with Crippen LogP contribution in [0, 0.1) is 0 Å². The molecule has 0 bridgehead atoms. The van der Waals surface area contributed by atoms with Crippen molar-refractivity contribution in [2.75, 3.05) is 78.5 Å². The van der Waals surface area contributed by atoms with Crippen LogP contribution in [0.3, 0.4) is 0 Å². The molecule has 44 heavy (non-hydrogen) atoms. The predicted molar refractivity (Wildman–Crippen MR) is 169 cm³/mol. The second-order valence-corrected chi connectivity index (χ2v) is 11.9. The number of carboxylic acid groups (broad SMARTS) is 4. The first kappa shape index (κ1) is 37.2. The number of hydrogen-bond donors (Lipinski definition) is 5. The van der Waals surface area contributed by atoms with E-state index < -0.39 is 29.9 Å². The van der Waals surface area contributed by atoms with Crippen molar-refractivity contribution in [3.8, 4) is 0 Å². The first-order valence-corrected chi connectivity index (χ1v) is 15.4. The van der Waals surface area contributed by atoms with Gasteiger partial charge in [-0.25, -0.2) is 0 Å². The van der Waals surface area contributed by atoms with Crippen molar-refractivity contribution in [2.24, 2.45) is 5.73 Å². The number of nitrogens with two attached hydrogens (primary N) is 1. The van der Waals surface area contributed by atoms with Crippen LogP contribution in [0.5, 0.6) is 0 Å². The number of carboxylic acids is 4. The third-order valence-corrected chi connectivity index (χ3v) is 7.97. The Balaban J connectivity index is 2.30. The molecule has 246 valence electrons. The van der Waals surface area contributed by atoms with Crippen LogP contribution in [-0.4, -0.2) is 153 Å². The molecular weight excluding hydrogens is 590 g/mol. The zero-order valence-electron chi connectivity index (χ0n) is 25.3. The summed E-state index contributed by atoms with van der Waals surface area (Å²) in [5.41, 5.74) is 7.58. The van der Waals surface area contributed by atoms with E-state index in [0.717, 1.165) is 41.7 Å². The smallest absolute Gasteiger partial charge is 0.317 e. The van der Waals surface area contributed by atoms with Gasteiger partial charge >= 0.3 is 23.9 Å². The fourth-order valence-corrected chi connectivity index (χ4v) is 5.69. The van der Waals surface area contributed by atoms with Gasteiger partial charge in [0.2, 0.25) is 0 Å². The highest BCUT2D eigenvalue weighted by atomic mass is 32.1. The van der Waals surface area contributed by atoms with Gasteiger partial charge in [0.1, 0.15) is 0 Å². The topological polar surface area (TPSA) is 188 Å². The lowest BCUT2D eigenvalue weighted by atomic mass is 9.99. The summed E-state index contributed by atoms with van der Waals surface area (Å²) in [5.74, 6) is -4.15. The third kappa shape index (κ3) is 15.6. The van der Waals surface area contributed by atoms with Gasteiger partial charge in [-0.1, -0.05) is 42.9 Å². The van der Waals surface area contributed by atoms with Gasteiger partial charge in [0, 0.05) is 58.3 Å². The highest BCUT2D eigenvalue weighted by Crippen LogP contribution is 2.15. The van der Waals surface area contributed by atoms with E-state index in [0.29, 0.717) is 19.4 Å². The number of nitrogens with zero attached hydrogens (tertiary/aromatic N) is 4. The van der Waals surface area contributed by atoms with Gasteiger partial charge in [-0.2, -0.15) is 0 Å². The van der Waals surface area contributed by atoms with Crippen molar-refractivity contribution in [3.63, 3.8) is 0 Å². The first-order valence-electron chi connectivity index (χ1n) is 15.0. The average molecular weight is 638 g/mol. The minimum Gasteiger partial charge on any atom is -0.480 e. The minimum absolute atomic E-state index is 0.230. The molecule has 1 aromatic carbocycles. The molecule has 0 aliphatic carbocycles.